The van der Waals surface area contributed by atoms with Gasteiger partial charge in [-0.25, -0.2) is 0 Å². The lowest BCUT2D eigenvalue weighted by Crippen LogP contribution is -2.20. The van der Waals surface area contributed by atoms with Gasteiger partial charge in [-0.15, -0.1) is 0 Å². The molecule has 10 rings (SSSR count). The third-order valence-corrected chi connectivity index (χ3v) is 12.9. The van der Waals surface area contributed by atoms with Gasteiger partial charge in [0, 0.05) is 56.9 Å². The SMILES string of the molecule is CC1(C)CCC(c2cnc(-c3cc(Cc4cc(-c5cnc(C6CCC(C)(C)CC6)cn5)c5oc6ccccc6c5c4)cc4c3oc3ccccc34)cn2)CC1. The monoisotopic (exact) mass is 724 g/mol. The second kappa shape index (κ2) is 13.1. The normalized spacial score (nSPS) is 17.8. The highest BCUT2D eigenvalue weighted by Crippen LogP contribution is 2.44. The van der Waals surface area contributed by atoms with Crippen LogP contribution in [0.15, 0.2) is 106 Å². The minimum absolute atomic E-state index is 0.414. The van der Waals surface area contributed by atoms with Crippen molar-refractivity contribution in [1.29, 1.82) is 0 Å². The summed E-state index contributed by atoms with van der Waals surface area (Å²) in [5.74, 6) is 0.937. The number of aromatic nitrogens is 4. The molecule has 0 bridgehead atoms. The van der Waals surface area contributed by atoms with Gasteiger partial charge < -0.3 is 8.83 Å². The first kappa shape index (κ1) is 34.2. The van der Waals surface area contributed by atoms with Crippen molar-refractivity contribution < 1.29 is 8.83 Å². The summed E-state index contributed by atoms with van der Waals surface area (Å²) in [5, 5.41) is 4.38. The molecule has 0 N–H and O–H groups in total. The average Bonchev–Trinajstić information content (AvgIpc) is 3.76. The van der Waals surface area contributed by atoms with E-state index >= 15 is 0 Å². The standard InChI is InChI=1S/C49H48N4O2/c1-48(2)17-13-32(14-18-48)40-26-52-42(28-50-40)38-24-30(22-36-34-9-5-7-11-44(34)54-46(36)38)21-31-23-37-35-10-6-8-12-45(35)55-47(37)39(25-31)43-29-51-41(27-53-43)33-15-19-49(3,4)20-16-33/h5-12,22-29,32-33H,13-21H2,1-4H3. The predicted molar refractivity (Wildman–Crippen MR) is 222 cm³/mol. The van der Waals surface area contributed by atoms with Gasteiger partial charge in [-0.1, -0.05) is 64.1 Å². The molecule has 2 aliphatic rings. The van der Waals surface area contributed by atoms with Crippen molar-refractivity contribution >= 4 is 43.9 Å². The minimum atomic E-state index is 0.414. The Morgan fingerprint density at radius 1 is 0.509 bits per heavy atom. The number of nitrogens with zero attached hydrogens (tertiary/aromatic N) is 4. The van der Waals surface area contributed by atoms with Crippen LogP contribution in [0.3, 0.4) is 0 Å². The van der Waals surface area contributed by atoms with E-state index in [0.717, 1.165) is 103 Å². The van der Waals surface area contributed by atoms with Crippen molar-refractivity contribution in [3.8, 4) is 22.5 Å². The molecular formula is C49H48N4O2. The average molecular weight is 725 g/mol. The molecule has 0 aliphatic heterocycles. The highest BCUT2D eigenvalue weighted by molar-refractivity contribution is 6.11. The lowest BCUT2D eigenvalue weighted by atomic mass is 9.72. The largest absolute Gasteiger partial charge is 0.455 e. The van der Waals surface area contributed by atoms with E-state index in [1.807, 2.05) is 49.1 Å². The Kier molecular flexibility index (Phi) is 8.16. The summed E-state index contributed by atoms with van der Waals surface area (Å²) in [6.07, 6.45) is 18.2. The van der Waals surface area contributed by atoms with Crippen LogP contribution in [0.25, 0.3) is 66.4 Å². The van der Waals surface area contributed by atoms with Crippen LogP contribution in [0, 0.1) is 10.8 Å². The second-order valence-corrected chi connectivity index (χ2v) is 17.9. The van der Waals surface area contributed by atoms with Gasteiger partial charge >= 0.3 is 0 Å². The fourth-order valence-corrected chi connectivity index (χ4v) is 9.36. The lowest BCUT2D eigenvalue weighted by molar-refractivity contribution is 0.222. The van der Waals surface area contributed by atoms with Gasteiger partial charge in [-0.05, 0) is 116 Å². The molecule has 0 radical (unpaired) electrons. The van der Waals surface area contributed by atoms with Crippen molar-refractivity contribution in [1.82, 2.24) is 19.9 Å². The quantitative estimate of drug-likeness (QED) is 0.170. The first-order valence-electron chi connectivity index (χ1n) is 20.2. The van der Waals surface area contributed by atoms with Crippen LogP contribution in [0.1, 0.15) is 113 Å². The Labute approximate surface area is 322 Å². The van der Waals surface area contributed by atoms with E-state index in [4.69, 9.17) is 28.8 Å². The summed E-state index contributed by atoms with van der Waals surface area (Å²) >= 11 is 0. The lowest BCUT2D eigenvalue weighted by Gasteiger charge is -2.33. The Morgan fingerprint density at radius 2 is 0.927 bits per heavy atom. The maximum atomic E-state index is 6.55. The number of hydrogen-bond acceptors (Lipinski definition) is 6. The van der Waals surface area contributed by atoms with Gasteiger partial charge in [-0.3, -0.25) is 19.9 Å². The van der Waals surface area contributed by atoms with Crippen molar-refractivity contribution in [3.63, 3.8) is 0 Å². The van der Waals surface area contributed by atoms with E-state index in [1.165, 1.54) is 36.8 Å². The highest BCUT2D eigenvalue weighted by Gasteiger charge is 2.30. The summed E-state index contributed by atoms with van der Waals surface area (Å²) in [7, 11) is 0. The van der Waals surface area contributed by atoms with E-state index in [1.54, 1.807) is 0 Å². The fraction of sp³-hybridized carbons (Fsp3) is 0.347. The van der Waals surface area contributed by atoms with Crippen LogP contribution in [0.4, 0.5) is 0 Å². The van der Waals surface area contributed by atoms with E-state index in [2.05, 4.69) is 76.2 Å². The smallest absolute Gasteiger partial charge is 0.144 e. The number of rotatable bonds is 6. The zero-order valence-electron chi connectivity index (χ0n) is 32.4. The molecule has 276 valence electrons. The van der Waals surface area contributed by atoms with Crippen LogP contribution in [-0.2, 0) is 6.42 Å². The van der Waals surface area contributed by atoms with Gasteiger partial charge in [0.1, 0.15) is 22.3 Å². The van der Waals surface area contributed by atoms with E-state index < -0.39 is 0 Å². The summed E-state index contributed by atoms with van der Waals surface area (Å²) in [4.78, 5) is 20.1. The fourth-order valence-electron chi connectivity index (χ4n) is 9.36. The van der Waals surface area contributed by atoms with Gasteiger partial charge in [0.15, 0.2) is 0 Å². The summed E-state index contributed by atoms with van der Waals surface area (Å²) < 4.78 is 13.1. The Balaban J connectivity index is 1.05. The van der Waals surface area contributed by atoms with Crippen molar-refractivity contribution in [2.75, 3.05) is 0 Å². The molecule has 0 amide bonds. The second-order valence-electron chi connectivity index (χ2n) is 17.9. The molecule has 8 aromatic rings. The summed E-state index contributed by atoms with van der Waals surface area (Å²) in [5.41, 5.74) is 12.4. The molecule has 0 atom stereocenters. The van der Waals surface area contributed by atoms with Gasteiger partial charge in [-0.2, -0.15) is 0 Å². The molecule has 0 spiro atoms. The van der Waals surface area contributed by atoms with Crippen LogP contribution < -0.4 is 0 Å². The molecule has 6 heteroatoms. The predicted octanol–water partition coefficient (Wildman–Crippen LogP) is 13.4. The van der Waals surface area contributed by atoms with Gasteiger partial charge in [0.25, 0.3) is 0 Å². The molecule has 2 saturated carbocycles. The number of furan rings is 2. The molecule has 2 fully saturated rings. The number of benzene rings is 4. The molecule has 6 nitrogen and oxygen atoms in total. The number of fused-ring (bicyclic) bond motifs is 6. The molecule has 0 saturated heterocycles. The number of hydrogen-bond donors (Lipinski definition) is 0. The molecule has 0 unspecified atom stereocenters. The Hall–Kier alpha value is -5.36. The van der Waals surface area contributed by atoms with E-state index in [9.17, 15) is 0 Å². The van der Waals surface area contributed by atoms with Gasteiger partial charge in [0.2, 0.25) is 0 Å². The first-order valence-corrected chi connectivity index (χ1v) is 20.2. The van der Waals surface area contributed by atoms with E-state index in [0.29, 0.717) is 29.1 Å². The topological polar surface area (TPSA) is 77.8 Å². The number of para-hydroxylation sites is 2. The summed E-state index contributed by atoms with van der Waals surface area (Å²) in [6, 6.07) is 25.7. The van der Waals surface area contributed by atoms with Gasteiger partial charge in [0.05, 0.1) is 35.2 Å². The van der Waals surface area contributed by atoms with Crippen molar-refractivity contribution in [2.24, 2.45) is 10.8 Å². The summed E-state index contributed by atoms with van der Waals surface area (Å²) in [6.45, 7) is 9.51. The van der Waals surface area contributed by atoms with Crippen molar-refractivity contribution in [3.05, 3.63) is 120 Å². The minimum Gasteiger partial charge on any atom is -0.455 e. The third kappa shape index (κ3) is 6.39. The zero-order chi connectivity index (χ0) is 37.3. The maximum absolute atomic E-state index is 6.55. The molecular weight excluding hydrogens is 677 g/mol. The molecule has 2 aliphatic carbocycles. The van der Waals surface area contributed by atoms with Crippen LogP contribution in [-0.4, -0.2) is 19.9 Å². The van der Waals surface area contributed by atoms with Crippen molar-refractivity contribution in [2.45, 2.75) is 97.3 Å². The zero-order valence-corrected chi connectivity index (χ0v) is 32.4. The Morgan fingerprint density at radius 3 is 1.33 bits per heavy atom. The van der Waals surface area contributed by atoms with Crippen LogP contribution >= 0.6 is 0 Å². The molecule has 4 aromatic carbocycles. The van der Waals surface area contributed by atoms with E-state index in [-0.39, 0.29) is 0 Å². The first-order chi connectivity index (χ1) is 26.7. The molecule has 4 heterocycles. The third-order valence-electron chi connectivity index (χ3n) is 12.9. The molecule has 55 heavy (non-hydrogen) atoms. The van der Waals surface area contributed by atoms with Crippen LogP contribution in [0.5, 0.6) is 0 Å². The van der Waals surface area contributed by atoms with Crippen LogP contribution in [0.2, 0.25) is 0 Å². The molecule has 4 aromatic heterocycles. The maximum Gasteiger partial charge on any atom is 0.144 e. The highest BCUT2D eigenvalue weighted by atomic mass is 16.3. The Bertz CT molecular complexity index is 2490.